The maximum Gasteiger partial charge on any atom is 0.410 e. The monoisotopic (exact) mass is 199 g/mol. The van der Waals surface area contributed by atoms with Crippen molar-refractivity contribution in [3.05, 3.63) is 0 Å². The molecule has 2 aliphatic heterocycles. The molecule has 2 saturated heterocycles. The van der Waals surface area contributed by atoms with E-state index in [1.165, 1.54) is 0 Å². The van der Waals surface area contributed by atoms with E-state index in [1.54, 1.807) is 4.90 Å². The Bertz CT molecular complexity index is 266. The molecule has 2 atom stereocenters. The number of carboxylic acids is 1. The highest BCUT2D eigenvalue weighted by atomic mass is 16.6. The summed E-state index contributed by atoms with van der Waals surface area (Å²) in [6.45, 7) is 1.35. The van der Waals surface area contributed by atoms with E-state index in [-0.39, 0.29) is 24.5 Å². The van der Waals surface area contributed by atoms with Crippen molar-refractivity contribution < 1.29 is 19.4 Å². The van der Waals surface area contributed by atoms with E-state index in [0.29, 0.717) is 19.5 Å². The number of hydrogen-bond donors (Lipinski definition) is 1. The molecule has 2 aliphatic rings. The zero-order valence-corrected chi connectivity index (χ0v) is 7.81. The average molecular weight is 199 g/mol. The van der Waals surface area contributed by atoms with Crippen molar-refractivity contribution in [2.24, 2.45) is 5.92 Å². The first-order chi connectivity index (χ1) is 6.66. The molecule has 0 saturated carbocycles. The second-order valence-corrected chi connectivity index (χ2v) is 3.85. The van der Waals surface area contributed by atoms with Crippen LogP contribution in [-0.4, -0.2) is 41.3 Å². The summed E-state index contributed by atoms with van der Waals surface area (Å²) in [6.07, 6.45) is 1.33. The predicted octanol–water partition coefficient (Wildman–Crippen LogP) is 0.692. The normalized spacial score (nSPS) is 30.3. The quantitative estimate of drug-likeness (QED) is 0.726. The highest BCUT2D eigenvalue weighted by Crippen LogP contribution is 2.30. The van der Waals surface area contributed by atoms with Crippen LogP contribution in [0.15, 0.2) is 0 Å². The highest BCUT2D eigenvalue weighted by molar-refractivity contribution is 5.70. The lowest BCUT2D eigenvalue weighted by atomic mass is 9.90. The number of piperidine rings is 1. The minimum absolute atomic E-state index is 0.0735. The van der Waals surface area contributed by atoms with Gasteiger partial charge in [-0.15, -0.1) is 0 Å². The third-order valence-corrected chi connectivity index (χ3v) is 2.94. The van der Waals surface area contributed by atoms with Crippen LogP contribution in [0, 0.1) is 5.92 Å². The van der Waals surface area contributed by atoms with Gasteiger partial charge in [0.05, 0.1) is 6.54 Å². The van der Waals surface area contributed by atoms with Crippen molar-refractivity contribution in [3.63, 3.8) is 0 Å². The van der Waals surface area contributed by atoms with Crippen molar-refractivity contribution >= 4 is 12.1 Å². The summed E-state index contributed by atoms with van der Waals surface area (Å²) in [6, 6.07) is 0. The molecule has 0 spiro atoms. The second kappa shape index (κ2) is 3.48. The number of hydrogen-bond acceptors (Lipinski definition) is 3. The van der Waals surface area contributed by atoms with Crippen LogP contribution in [0.25, 0.3) is 0 Å². The molecule has 2 heterocycles. The smallest absolute Gasteiger partial charge is 0.410 e. The topological polar surface area (TPSA) is 66.8 Å². The Morgan fingerprint density at radius 1 is 1.64 bits per heavy atom. The molecule has 5 nitrogen and oxygen atoms in total. The number of carboxylic acid groups (broad SMARTS) is 1. The molecule has 2 fully saturated rings. The molecule has 0 aromatic carbocycles. The number of aliphatic carboxylic acids is 1. The molecule has 0 aliphatic carbocycles. The van der Waals surface area contributed by atoms with Crippen LogP contribution in [0.2, 0.25) is 0 Å². The summed E-state index contributed by atoms with van der Waals surface area (Å²) in [7, 11) is 0. The fourth-order valence-corrected chi connectivity index (χ4v) is 2.11. The number of amides is 1. The summed E-state index contributed by atoms with van der Waals surface area (Å²) >= 11 is 0. The molecule has 1 N–H and O–H groups in total. The van der Waals surface area contributed by atoms with Gasteiger partial charge in [0.15, 0.2) is 0 Å². The molecular formula is C9H13NO4. The van der Waals surface area contributed by atoms with E-state index in [4.69, 9.17) is 9.84 Å². The van der Waals surface area contributed by atoms with Crippen LogP contribution >= 0.6 is 0 Å². The van der Waals surface area contributed by atoms with E-state index >= 15 is 0 Å². The van der Waals surface area contributed by atoms with Gasteiger partial charge in [0, 0.05) is 18.9 Å². The summed E-state index contributed by atoms with van der Waals surface area (Å²) in [5, 5.41) is 8.55. The molecule has 0 radical (unpaired) electrons. The van der Waals surface area contributed by atoms with Gasteiger partial charge >= 0.3 is 12.1 Å². The minimum Gasteiger partial charge on any atom is -0.481 e. The molecule has 0 unspecified atom stereocenters. The van der Waals surface area contributed by atoms with Crippen LogP contribution < -0.4 is 0 Å². The van der Waals surface area contributed by atoms with E-state index in [1.807, 2.05) is 0 Å². The molecule has 78 valence electrons. The van der Waals surface area contributed by atoms with Gasteiger partial charge in [-0.3, -0.25) is 4.79 Å². The van der Waals surface area contributed by atoms with Crippen molar-refractivity contribution in [2.45, 2.75) is 25.4 Å². The maximum absolute atomic E-state index is 11.1. The van der Waals surface area contributed by atoms with Crippen LogP contribution in [0.4, 0.5) is 4.79 Å². The lowest BCUT2D eigenvalue weighted by Gasteiger charge is -2.26. The Morgan fingerprint density at radius 3 is 3.14 bits per heavy atom. The zero-order chi connectivity index (χ0) is 10.1. The number of rotatable bonds is 3. The Balaban J connectivity index is 1.89. The maximum atomic E-state index is 11.1. The number of carbonyl (C=O) groups excluding carboxylic acids is 1. The van der Waals surface area contributed by atoms with E-state index in [9.17, 15) is 9.59 Å². The van der Waals surface area contributed by atoms with Crippen molar-refractivity contribution in [1.29, 1.82) is 0 Å². The molecule has 2 bridgehead atoms. The van der Waals surface area contributed by atoms with Crippen LogP contribution in [0.5, 0.6) is 0 Å². The Kier molecular flexibility index (Phi) is 2.31. The van der Waals surface area contributed by atoms with Gasteiger partial charge in [0.25, 0.3) is 0 Å². The van der Waals surface area contributed by atoms with Crippen LogP contribution in [0.3, 0.4) is 0 Å². The van der Waals surface area contributed by atoms with Crippen molar-refractivity contribution in [2.75, 3.05) is 13.1 Å². The Morgan fingerprint density at radius 2 is 2.43 bits per heavy atom. The molecule has 2 rings (SSSR count). The third kappa shape index (κ3) is 1.66. The first kappa shape index (κ1) is 9.30. The van der Waals surface area contributed by atoms with Gasteiger partial charge in [0.2, 0.25) is 0 Å². The van der Waals surface area contributed by atoms with Gasteiger partial charge in [-0.2, -0.15) is 0 Å². The summed E-state index contributed by atoms with van der Waals surface area (Å²) in [5.74, 6) is -0.550. The van der Waals surface area contributed by atoms with Crippen molar-refractivity contribution in [3.8, 4) is 0 Å². The summed E-state index contributed by atoms with van der Waals surface area (Å²) in [4.78, 5) is 23.2. The van der Waals surface area contributed by atoms with Gasteiger partial charge < -0.3 is 14.7 Å². The fraction of sp³-hybridized carbons (Fsp3) is 0.778. The first-order valence-electron chi connectivity index (χ1n) is 4.84. The van der Waals surface area contributed by atoms with E-state index < -0.39 is 5.97 Å². The number of nitrogens with zero attached hydrogens (tertiary/aromatic N) is 1. The van der Waals surface area contributed by atoms with E-state index in [0.717, 1.165) is 6.42 Å². The SMILES string of the molecule is O=C(O)CC[C@H]1CCN2C[C@H]1OC2=O. The third-order valence-electron chi connectivity index (χ3n) is 2.94. The number of carbonyl (C=O) groups is 2. The standard InChI is InChI=1S/C9H13NO4/c11-8(12)2-1-6-3-4-10-5-7(6)14-9(10)13/h6-7H,1-5H2,(H,11,12)/t6-,7+/m0/s1. The number of fused-ring (bicyclic) bond motifs is 2. The lowest BCUT2D eigenvalue weighted by molar-refractivity contribution is -0.137. The van der Waals surface area contributed by atoms with Gasteiger partial charge in [-0.1, -0.05) is 0 Å². The molecule has 1 amide bonds. The summed E-state index contributed by atoms with van der Waals surface area (Å²) in [5.41, 5.74) is 0. The van der Waals surface area contributed by atoms with E-state index in [2.05, 4.69) is 0 Å². The Hall–Kier alpha value is -1.26. The number of ether oxygens (including phenoxy) is 1. The zero-order valence-electron chi connectivity index (χ0n) is 7.81. The van der Waals surface area contributed by atoms with Gasteiger partial charge in [-0.25, -0.2) is 4.79 Å². The minimum atomic E-state index is -0.781. The summed E-state index contributed by atoms with van der Waals surface area (Å²) < 4.78 is 5.12. The van der Waals surface area contributed by atoms with Crippen molar-refractivity contribution in [1.82, 2.24) is 4.90 Å². The highest BCUT2D eigenvalue weighted by Gasteiger charge is 2.40. The molecular weight excluding hydrogens is 186 g/mol. The second-order valence-electron chi connectivity index (χ2n) is 3.85. The van der Waals surface area contributed by atoms with Crippen LogP contribution in [0.1, 0.15) is 19.3 Å². The molecule has 5 heteroatoms. The largest absolute Gasteiger partial charge is 0.481 e. The predicted molar refractivity (Wildman–Crippen MR) is 46.8 cm³/mol. The van der Waals surface area contributed by atoms with Crippen LogP contribution in [-0.2, 0) is 9.53 Å². The average Bonchev–Trinajstić information content (AvgIpc) is 2.42. The van der Waals surface area contributed by atoms with Gasteiger partial charge in [0.1, 0.15) is 6.10 Å². The molecule has 0 aromatic heterocycles. The lowest BCUT2D eigenvalue weighted by Crippen LogP contribution is -2.36. The molecule has 14 heavy (non-hydrogen) atoms. The van der Waals surface area contributed by atoms with Gasteiger partial charge in [-0.05, 0) is 12.8 Å². The first-order valence-corrected chi connectivity index (χ1v) is 4.84. The fourth-order valence-electron chi connectivity index (χ4n) is 2.11. The Labute approximate surface area is 81.6 Å². The molecule has 0 aromatic rings.